The molecule has 1 atom stereocenters. The Labute approximate surface area is 143 Å². The lowest BCUT2D eigenvalue weighted by molar-refractivity contribution is -0.274. The molecule has 3 aliphatic heterocycles. The first-order chi connectivity index (χ1) is 11.8. The first-order valence-corrected chi connectivity index (χ1v) is 8.32. The number of likely N-dealkylation sites (tertiary alicyclic amines) is 1. The van der Waals surface area contributed by atoms with Crippen molar-refractivity contribution in [3.63, 3.8) is 0 Å². The van der Waals surface area contributed by atoms with Crippen LogP contribution < -0.4 is 9.64 Å². The molecule has 5 nitrogen and oxygen atoms in total. The zero-order valence-corrected chi connectivity index (χ0v) is 13.6. The van der Waals surface area contributed by atoms with Crippen LogP contribution in [0, 0.1) is 5.41 Å². The summed E-state index contributed by atoms with van der Waals surface area (Å²) in [4.78, 5) is 15.7. The Bertz CT molecular complexity index is 656. The van der Waals surface area contributed by atoms with Gasteiger partial charge in [-0.05, 0) is 30.7 Å². The summed E-state index contributed by atoms with van der Waals surface area (Å²) < 4.78 is 45.6. The van der Waals surface area contributed by atoms with Crippen molar-refractivity contribution in [2.75, 3.05) is 37.7 Å². The molecule has 0 radical (unpaired) electrons. The summed E-state index contributed by atoms with van der Waals surface area (Å²) in [7, 11) is 0. The first-order valence-electron chi connectivity index (χ1n) is 8.32. The number of benzene rings is 1. The smallest absolute Gasteiger partial charge is 0.464 e. The van der Waals surface area contributed by atoms with Gasteiger partial charge in [-0.2, -0.15) is 0 Å². The fourth-order valence-electron chi connectivity index (χ4n) is 4.08. The maximum Gasteiger partial charge on any atom is 0.573 e. The quantitative estimate of drug-likeness (QED) is 0.778. The van der Waals surface area contributed by atoms with Crippen LogP contribution in [0.4, 0.5) is 18.9 Å². The third-order valence-electron chi connectivity index (χ3n) is 5.31. The second-order valence-corrected chi connectivity index (χ2v) is 7.16. The highest BCUT2D eigenvalue weighted by molar-refractivity contribution is 5.72. The maximum absolute atomic E-state index is 12.2. The van der Waals surface area contributed by atoms with Crippen LogP contribution in [0.3, 0.4) is 0 Å². The monoisotopic (exact) mass is 356 g/mol. The molecule has 3 heterocycles. The van der Waals surface area contributed by atoms with Gasteiger partial charge in [0.15, 0.2) is 0 Å². The van der Waals surface area contributed by atoms with Crippen molar-refractivity contribution in [1.29, 1.82) is 0 Å². The van der Waals surface area contributed by atoms with Crippen LogP contribution in [0.15, 0.2) is 24.3 Å². The summed E-state index contributed by atoms with van der Waals surface area (Å²) in [6.07, 6.45) is -3.15. The number of esters is 1. The topological polar surface area (TPSA) is 42.0 Å². The molecule has 136 valence electrons. The second kappa shape index (κ2) is 5.79. The van der Waals surface area contributed by atoms with Gasteiger partial charge in [-0.3, -0.25) is 9.69 Å². The van der Waals surface area contributed by atoms with Crippen molar-refractivity contribution in [3.05, 3.63) is 24.3 Å². The van der Waals surface area contributed by atoms with Crippen molar-refractivity contribution in [3.8, 4) is 5.75 Å². The summed E-state index contributed by atoms with van der Waals surface area (Å²) >= 11 is 0. The Hall–Kier alpha value is -1.96. The number of hydrogen-bond acceptors (Lipinski definition) is 5. The zero-order valence-electron chi connectivity index (χ0n) is 13.6. The van der Waals surface area contributed by atoms with Crippen LogP contribution in [0.25, 0.3) is 0 Å². The minimum atomic E-state index is -4.67. The average Bonchev–Trinajstić information content (AvgIpc) is 3.11. The molecule has 3 saturated heterocycles. The number of hydrogen-bond donors (Lipinski definition) is 0. The molecule has 4 rings (SSSR count). The molecule has 3 fully saturated rings. The number of cyclic esters (lactones) is 1. The molecule has 0 bridgehead atoms. The standard InChI is InChI=1S/C17H19F3N2O3/c18-17(19,20)25-14-3-1-12(2-4-14)21-6-5-16(9-21)10-22(11-16)13-7-15(23)24-8-13/h1-4,13H,5-11H2. The fourth-order valence-corrected chi connectivity index (χ4v) is 4.08. The molecule has 3 aliphatic rings. The Morgan fingerprint density at radius 3 is 2.48 bits per heavy atom. The number of nitrogens with zero attached hydrogens (tertiary/aromatic N) is 2. The lowest BCUT2D eigenvalue weighted by Gasteiger charge is -2.50. The largest absolute Gasteiger partial charge is 0.573 e. The SMILES string of the molecule is O=C1CC(N2CC3(CCN(c4ccc(OC(F)(F)F)cc4)C3)C2)CO1. The van der Waals surface area contributed by atoms with E-state index < -0.39 is 6.36 Å². The van der Waals surface area contributed by atoms with Crippen LogP contribution >= 0.6 is 0 Å². The summed E-state index contributed by atoms with van der Waals surface area (Å²) in [6, 6.07) is 6.23. The molecule has 25 heavy (non-hydrogen) atoms. The van der Waals surface area contributed by atoms with E-state index >= 15 is 0 Å². The van der Waals surface area contributed by atoms with Crippen LogP contribution in [0.1, 0.15) is 12.8 Å². The Morgan fingerprint density at radius 2 is 1.88 bits per heavy atom. The van der Waals surface area contributed by atoms with Crippen molar-refractivity contribution in [2.24, 2.45) is 5.41 Å². The highest BCUT2D eigenvalue weighted by Gasteiger charge is 2.50. The number of alkyl halides is 3. The molecule has 1 spiro atoms. The van der Waals surface area contributed by atoms with Crippen LogP contribution in [-0.2, 0) is 9.53 Å². The Kier molecular flexibility index (Phi) is 3.82. The van der Waals surface area contributed by atoms with Crippen molar-refractivity contribution in [1.82, 2.24) is 4.90 Å². The van der Waals surface area contributed by atoms with Gasteiger partial charge in [0.25, 0.3) is 0 Å². The summed E-state index contributed by atoms with van der Waals surface area (Å²) in [5, 5.41) is 0. The lowest BCUT2D eigenvalue weighted by atomic mass is 9.78. The summed E-state index contributed by atoms with van der Waals surface area (Å²) in [5.74, 6) is -0.328. The molecule has 1 aromatic carbocycles. The van der Waals surface area contributed by atoms with Gasteiger partial charge in [-0.25, -0.2) is 0 Å². The predicted octanol–water partition coefficient (Wildman–Crippen LogP) is 2.41. The van der Waals surface area contributed by atoms with Gasteiger partial charge in [0.1, 0.15) is 12.4 Å². The molecule has 1 aromatic rings. The fraction of sp³-hybridized carbons (Fsp3) is 0.588. The Balaban J connectivity index is 1.33. The number of anilines is 1. The molecule has 0 saturated carbocycles. The first kappa shape index (κ1) is 16.5. The minimum Gasteiger partial charge on any atom is -0.464 e. The highest BCUT2D eigenvalue weighted by Crippen LogP contribution is 2.43. The highest BCUT2D eigenvalue weighted by atomic mass is 19.4. The van der Waals surface area contributed by atoms with Gasteiger partial charge in [0, 0.05) is 37.3 Å². The number of ether oxygens (including phenoxy) is 2. The number of halogens is 3. The van der Waals surface area contributed by atoms with E-state index in [1.54, 1.807) is 12.1 Å². The molecular formula is C17H19F3N2O3. The molecule has 0 amide bonds. The predicted molar refractivity (Wildman–Crippen MR) is 83.3 cm³/mol. The average molecular weight is 356 g/mol. The van der Waals surface area contributed by atoms with E-state index in [4.69, 9.17) is 4.74 Å². The van der Waals surface area contributed by atoms with E-state index in [1.165, 1.54) is 12.1 Å². The lowest BCUT2D eigenvalue weighted by Crippen LogP contribution is -2.61. The zero-order chi connectivity index (χ0) is 17.7. The van der Waals surface area contributed by atoms with Crippen LogP contribution in [-0.4, -0.2) is 56.1 Å². The van der Waals surface area contributed by atoms with Crippen LogP contribution in [0.2, 0.25) is 0 Å². The molecule has 8 heteroatoms. The van der Waals surface area contributed by atoms with Gasteiger partial charge in [0.05, 0.1) is 12.5 Å². The minimum absolute atomic E-state index is 0.125. The van der Waals surface area contributed by atoms with E-state index in [0.29, 0.717) is 13.0 Å². The molecule has 1 unspecified atom stereocenters. The van der Waals surface area contributed by atoms with Crippen molar-refractivity contribution in [2.45, 2.75) is 25.2 Å². The molecule has 0 aromatic heterocycles. The molecule has 0 N–H and O–H groups in total. The van der Waals surface area contributed by atoms with E-state index in [1.807, 2.05) is 0 Å². The van der Waals surface area contributed by atoms with Crippen LogP contribution in [0.5, 0.6) is 5.75 Å². The molecule has 0 aliphatic carbocycles. The normalized spacial score (nSPS) is 26.0. The number of rotatable bonds is 3. The second-order valence-electron chi connectivity index (χ2n) is 7.16. The maximum atomic E-state index is 12.2. The van der Waals surface area contributed by atoms with Gasteiger partial charge in [0.2, 0.25) is 0 Å². The third kappa shape index (κ3) is 3.40. The van der Waals surface area contributed by atoms with E-state index in [-0.39, 0.29) is 23.2 Å². The van der Waals surface area contributed by atoms with Crippen molar-refractivity contribution < 1.29 is 27.4 Å². The number of carbonyl (C=O) groups excluding carboxylic acids is 1. The summed E-state index contributed by atoms with van der Waals surface area (Å²) in [5.41, 5.74) is 1.12. The number of carbonyl (C=O) groups is 1. The van der Waals surface area contributed by atoms with Gasteiger partial charge >= 0.3 is 12.3 Å². The van der Waals surface area contributed by atoms with E-state index in [0.717, 1.165) is 38.3 Å². The van der Waals surface area contributed by atoms with Gasteiger partial charge in [-0.1, -0.05) is 0 Å². The Morgan fingerprint density at radius 1 is 1.16 bits per heavy atom. The van der Waals surface area contributed by atoms with E-state index in [9.17, 15) is 18.0 Å². The summed E-state index contributed by atoms with van der Waals surface area (Å²) in [6.45, 7) is 4.14. The third-order valence-corrected chi connectivity index (χ3v) is 5.31. The van der Waals surface area contributed by atoms with Gasteiger partial charge < -0.3 is 14.4 Å². The molecular weight excluding hydrogens is 337 g/mol. The van der Waals surface area contributed by atoms with Crippen molar-refractivity contribution >= 4 is 11.7 Å². The van der Waals surface area contributed by atoms with Gasteiger partial charge in [-0.15, -0.1) is 13.2 Å². The van der Waals surface area contributed by atoms with E-state index in [2.05, 4.69) is 14.5 Å².